The van der Waals surface area contributed by atoms with Crippen LogP contribution >= 0.6 is 0 Å². The normalized spacial score (nSPS) is 16.2. The summed E-state index contributed by atoms with van der Waals surface area (Å²) < 4.78 is 47.9. The fourth-order valence-electron chi connectivity index (χ4n) is 5.80. The molecule has 0 bridgehead atoms. The van der Waals surface area contributed by atoms with Gasteiger partial charge in [0.1, 0.15) is 5.75 Å². The lowest BCUT2D eigenvalue weighted by molar-refractivity contribution is -0.137. The lowest BCUT2D eigenvalue weighted by atomic mass is 9.75. The summed E-state index contributed by atoms with van der Waals surface area (Å²) in [6, 6.07) is 25.4. The molecular formula is C36H31F3N2O. The smallest absolute Gasteiger partial charge is 0.416 e. The first-order valence-corrected chi connectivity index (χ1v) is 13.9. The summed E-state index contributed by atoms with van der Waals surface area (Å²) in [5.41, 5.74) is 7.11. The van der Waals surface area contributed by atoms with Gasteiger partial charge in [-0.1, -0.05) is 62.7 Å². The number of nitrogens with zero attached hydrogens (tertiary/aromatic N) is 2. The first kappa shape index (κ1) is 27.7. The van der Waals surface area contributed by atoms with E-state index in [2.05, 4.69) is 63.9 Å². The minimum Gasteiger partial charge on any atom is -0.439 e. The van der Waals surface area contributed by atoms with Crippen molar-refractivity contribution in [2.75, 3.05) is 0 Å². The number of aromatic nitrogens is 2. The number of rotatable bonds is 4. The second kappa shape index (κ2) is 9.83. The molecule has 0 fully saturated rings. The fraction of sp³-hybridized carbons (Fsp3) is 0.222. The van der Waals surface area contributed by atoms with Crippen LogP contribution in [0.25, 0.3) is 22.3 Å². The summed E-state index contributed by atoms with van der Waals surface area (Å²) in [5, 5.41) is 0. The van der Waals surface area contributed by atoms with Gasteiger partial charge in [-0.2, -0.15) is 13.2 Å². The Morgan fingerprint density at radius 1 is 0.690 bits per heavy atom. The molecule has 6 rings (SSSR count). The number of hydrogen-bond acceptors (Lipinski definition) is 3. The van der Waals surface area contributed by atoms with Gasteiger partial charge in [-0.3, -0.25) is 4.98 Å². The maximum atomic E-state index is 14.0. The minimum absolute atomic E-state index is 0.0697. The molecule has 6 heteroatoms. The number of hydrogen-bond donors (Lipinski definition) is 0. The molecule has 1 aliphatic carbocycles. The number of benzene rings is 3. The number of pyridine rings is 2. The molecule has 42 heavy (non-hydrogen) atoms. The van der Waals surface area contributed by atoms with Gasteiger partial charge < -0.3 is 4.74 Å². The summed E-state index contributed by atoms with van der Waals surface area (Å²) in [7, 11) is 0. The van der Waals surface area contributed by atoms with Crippen molar-refractivity contribution < 1.29 is 17.9 Å². The summed E-state index contributed by atoms with van der Waals surface area (Å²) >= 11 is 0. The topological polar surface area (TPSA) is 35.0 Å². The zero-order valence-corrected chi connectivity index (χ0v) is 24.2. The van der Waals surface area contributed by atoms with Crippen LogP contribution in [0.4, 0.5) is 13.2 Å². The first-order chi connectivity index (χ1) is 19.8. The molecule has 0 spiro atoms. The highest BCUT2D eigenvalue weighted by atomic mass is 19.4. The van der Waals surface area contributed by atoms with Gasteiger partial charge in [0.05, 0.1) is 16.7 Å². The average molecular weight is 565 g/mol. The molecule has 2 heterocycles. The van der Waals surface area contributed by atoms with Crippen LogP contribution in [0, 0.1) is 6.92 Å². The maximum absolute atomic E-state index is 14.0. The molecule has 0 radical (unpaired) electrons. The zero-order valence-electron chi connectivity index (χ0n) is 24.2. The van der Waals surface area contributed by atoms with Gasteiger partial charge in [0, 0.05) is 18.5 Å². The van der Waals surface area contributed by atoms with Crippen LogP contribution in [0.1, 0.15) is 61.2 Å². The molecule has 5 aromatic rings. The number of ether oxygens (including phenoxy) is 1. The van der Waals surface area contributed by atoms with E-state index in [1.54, 1.807) is 24.3 Å². The molecule has 0 aliphatic heterocycles. The van der Waals surface area contributed by atoms with Gasteiger partial charge in [-0.05, 0) is 101 Å². The van der Waals surface area contributed by atoms with Crippen molar-refractivity contribution in [3.05, 3.63) is 131 Å². The Morgan fingerprint density at radius 3 is 2.21 bits per heavy atom. The largest absolute Gasteiger partial charge is 0.439 e. The Balaban J connectivity index is 1.54. The van der Waals surface area contributed by atoms with E-state index in [0.29, 0.717) is 11.1 Å². The fourth-order valence-corrected chi connectivity index (χ4v) is 5.80. The van der Waals surface area contributed by atoms with E-state index >= 15 is 0 Å². The molecule has 0 N–H and O–H groups in total. The molecule has 3 aromatic carbocycles. The molecule has 0 saturated carbocycles. The van der Waals surface area contributed by atoms with E-state index in [4.69, 9.17) is 9.72 Å². The highest BCUT2D eigenvalue weighted by molar-refractivity contribution is 5.86. The highest BCUT2D eigenvalue weighted by Crippen LogP contribution is 2.53. The van der Waals surface area contributed by atoms with Crippen LogP contribution in [0.15, 0.2) is 97.3 Å². The molecular weight excluding hydrogens is 533 g/mol. The van der Waals surface area contributed by atoms with Crippen molar-refractivity contribution in [2.24, 2.45) is 0 Å². The molecule has 3 nitrogen and oxygen atoms in total. The van der Waals surface area contributed by atoms with Crippen molar-refractivity contribution in [3.63, 3.8) is 0 Å². The zero-order chi connectivity index (χ0) is 29.9. The first-order valence-electron chi connectivity index (χ1n) is 13.9. The molecule has 1 unspecified atom stereocenters. The number of halogens is 3. The third-order valence-corrected chi connectivity index (χ3v) is 8.13. The Labute approximate surface area is 244 Å². The molecule has 0 saturated heterocycles. The Morgan fingerprint density at radius 2 is 1.50 bits per heavy atom. The quantitative estimate of drug-likeness (QED) is 0.218. The van der Waals surface area contributed by atoms with E-state index in [9.17, 15) is 13.2 Å². The second-order valence-corrected chi connectivity index (χ2v) is 12.1. The molecule has 1 atom stereocenters. The standard InChI is InChI=1S/C36H31F3N2O/c1-22-9-12-30-29(16-22)28-11-10-23(19-31(28)35(30,5)32-21-25(13-15-40-32)34(2,3)4)24-17-26(36(37,38)39)20-27(18-24)42-33-8-6-7-14-41-33/h6-21H,1-5H3. The van der Waals surface area contributed by atoms with Crippen LogP contribution in [-0.4, -0.2) is 9.97 Å². The highest BCUT2D eigenvalue weighted by Gasteiger charge is 2.42. The second-order valence-electron chi connectivity index (χ2n) is 12.1. The van der Waals surface area contributed by atoms with E-state index in [1.807, 2.05) is 30.5 Å². The van der Waals surface area contributed by atoms with Gasteiger partial charge in [0.15, 0.2) is 0 Å². The Hall–Kier alpha value is -4.45. The van der Waals surface area contributed by atoms with Crippen LogP contribution in [0.2, 0.25) is 0 Å². The number of aryl methyl sites for hydroxylation is 1. The molecule has 212 valence electrons. The van der Waals surface area contributed by atoms with Gasteiger partial charge in [-0.15, -0.1) is 0 Å². The van der Waals surface area contributed by atoms with Crippen molar-refractivity contribution in [1.82, 2.24) is 9.97 Å². The average Bonchev–Trinajstić information content (AvgIpc) is 3.20. The van der Waals surface area contributed by atoms with E-state index in [-0.39, 0.29) is 17.0 Å². The maximum Gasteiger partial charge on any atom is 0.416 e. The number of fused-ring (bicyclic) bond motifs is 3. The van der Waals surface area contributed by atoms with Crippen molar-refractivity contribution in [2.45, 2.75) is 51.6 Å². The summed E-state index contributed by atoms with van der Waals surface area (Å²) in [6.07, 6.45) is -1.16. The number of alkyl halides is 3. The van der Waals surface area contributed by atoms with Crippen molar-refractivity contribution >= 4 is 0 Å². The van der Waals surface area contributed by atoms with E-state index < -0.39 is 17.2 Å². The summed E-state index contributed by atoms with van der Waals surface area (Å²) in [6.45, 7) is 10.7. The lowest BCUT2D eigenvalue weighted by Crippen LogP contribution is -2.25. The summed E-state index contributed by atoms with van der Waals surface area (Å²) in [4.78, 5) is 8.97. The van der Waals surface area contributed by atoms with Gasteiger partial charge in [-0.25, -0.2) is 4.98 Å². The summed E-state index contributed by atoms with van der Waals surface area (Å²) in [5.74, 6) is 0.292. The molecule has 0 amide bonds. The Bertz CT molecular complexity index is 1810. The van der Waals surface area contributed by atoms with Crippen molar-refractivity contribution in [3.8, 4) is 33.9 Å². The van der Waals surface area contributed by atoms with Crippen LogP contribution in [-0.2, 0) is 17.0 Å². The predicted molar refractivity (Wildman–Crippen MR) is 160 cm³/mol. The van der Waals surface area contributed by atoms with E-state index in [0.717, 1.165) is 39.6 Å². The Kier molecular flexibility index (Phi) is 6.48. The SMILES string of the molecule is Cc1ccc2c(c1)-c1ccc(-c3cc(Oc4ccccn4)cc(C(F)(F)F)c3)cc1C2(C)c1cc(C(C)(C)C)ccn1. The molecule has 1 aliphatic rings. The van der Waals surface area contributed by atoms with Crippen LogP contribution in [0.3, 0.4) is 0 Å². The van der Waals surface area contributed by atoms with Crippen LogP contribution in [0.5, 0.6) is 11.6 Å². The predicted octanol–water partition coefficient (Wildman–Crippen LogP) is 9.90. The minimum atomic E-state index is -4.55. The van der Waals surface area contributed by atoms with Gasteiger partial charge in [0.25, 0.3) is 0 Å². The third kappa shape index (κ3) is 4.85. The van der Waals surface area contributed by atoms with Crippen molar-refractivity contribution in [1.29, 1.82) is 0 Å². The van der Waals surface area contributed by atoms with Gasteiger partial charge in [0.2, 0.25) is 5.88 Å². The molecule has 2 aromatic heterocycles. The van der Waals surface area contributed by atoms with Crippen LogP contribution < -0.4 is 4.74 Å². The lowest BCUT2D eigenvalue weighted by Gasteiger charge is -2.29. The van der Waals surface area contributed by atoms with Gasteiger partial charge >= 0.3 is 6.18 Å². The third-order valence-electron chi connectivity index (χ3n) is 8.13. The monoisotopic (exact) mass is 564 g/mol. The van der Waals surface area contributed by atoms with E-state index in [1.165, 1.54) is 17.8 Å².